The molecule has 148 valence electrons. The van der Waals surface area contributed by atoms with Crippen molar-refractivity contribution in [2.24, 2.45) is 0 Å². The fourth-order valence-electron chi connectivity index (χ4n) is 2.93. The Labute approximate surface area is 160 Å². The molecule has 4 nitrogen and oxygen atoms in total. The van der Waals surface area contributed by atoms with Gasteiger partial charge in [0.15, 0.2) is 0 Å². The van der Waals surface area contributed by atoms with E-state index in [1.54, 1.807) is 24.3 Å². The molecule has 0 unspecified atom stereocenters. The number of para-hydroxylation sites is 1. The lowest BCUT2D eigenvalue weighted by Gasteiger charge is -2.09. The first-order valence-corrected chi connectivity index (χ1v) is 8.98. The number of hydrogen-bond acceptors (Lipinski definition) is 2. The van der Waals surface area contributed by atoms with Gasteiger partial charge in [0.05, 0.1) is 6.61 Å². The highest BCUT2D eigenvalue weighted by atomic mass is 19.4. The Morgan fingerprint density at radius 3 is 2.54 bits per heavy atom. The minimum absolute atomic E-state index is 0.147. The highest BCUT2D eigenvalue weighted by Crippen LogP contribution is 2.16. The number of amides is 1. The highest BCUT2D eigenvalue weighted by Gasteiger charge is 2.27. The molecule has 0 bridgehead atoms. The summed E-state index contributed by atoms with van der Waals surface area (Å²) in [6.45, 7) is -0.108. The van der Waals surface area contributed by atoms with Gasteiger partial charge >= 0.3 is 6.18 Å². The van der Waals surface area contributed by atoms with Crippen LogP contribution in [0.2, 0.25) is 0 Å². The van der Waals surface area contributed by atoms with Crippen LogP contribution in [-0.4, -0.2) is 29.8 Å². The van der Waals surface area contributed by atoms with Crippen LogP contribution in [0.4, 0.5) is 13.2 Å². The molecule has 0 atom stereocenters. The summed E-state index contributed by atoms with van der Waals surface area (Å²) < 4.78 is 42.9. The zero-order chi connectivity index (χ0) is 20.0. The lowest BCUT2D eigenvalue weighted by atomic mass is 10.1. The number of hydrogen-bond donors (Lipinski definition) is 1. The van der Waals surface area contributed by atoms with Crippen molar-refractivity contribution in [3.05, 3.63) is 71.9 Å². The van der Waals surface area contributed by atoms with E-state index in [1.807, 2.05) is 18.3 Å². The van der Waals surface area contributed by atoms with E-state index in [9.17, 15) is 18.0 Å². The van der Waals surface area contributed by atoms with Gasteiger partial charge in [0.2, 0.25) is 0 Å². The van der Waals surface area contributed by atoms with Crippen molar-refractivity contribution in [2.45, 2.75) is 25.7 Å². The predicted octanol–water partition coefficient (Wildman–Crippen LogP) is 4.54. The summed E-state index contributed by atoms with van der Waals surface area (Å²) >= 11 is 0. The first-order valence-electron chi connectivity index (χ1n) is 8.98. The van der Waals surface area contributed by atoms with Crippen LogP contribution in [0.25, 0.3) is 10.9 Å². The molecule has 0 aliphatic heterocycles. The molecule has 0 aliphatic carbocycles. The molecule has 0 aliphatic rings. The number of nitrogens with zero attached hydrogens (tertiary/aromatic N) is 1. The van der Waals surface area contributed by atoms with E-state index in [1.165, 1.54) is 5.39 Å². The molecule has 1 amide bonds. The summed E-state index contributed by atoms with van der Waals surface area (Å²) in [5.41, 5.74) is 2.21. The highest BCUT2D eigenvalue weighted by molar-refractivity contribution is 5.94. The van der Waals surface area contributed by atoms with E-state index in [2.05, 4.69) is 32.8 Å². The van der Waals surface area contributed by atoms with Crippen molar-refractivity contribution in [1.29, 1.82) is 0 Å². The smallest absolute Gasteiger partial charge is 0.367 e. The molecule has 0 saturated carbocycles. The van der Waals surface area contributed by atoms with Crippen LogP contribution in [0.5, 0.6) is 0 Å². The van der Waals surface area contributed by atoms with Crippen molar-refractivity contribution in [1.82, 2.24) is 9.88 Å². The monoisotopic (exact) mass is 390 g/mol. The van der Waals surface area contributed by atoms with E-state index < -0.39 is 12.8 Å². The Hall–Kier alpha value is -2.80. The lowest BCUT2D eigenvalue weighted by Crippen LogP contribution is -2.25. The Morgan fingerprint density at radius 2 is 1.79 bits per heavy atom. The zero-order valence-corrected chi connectivity index (χ0v) is 15.2. The number of carbonyl (C=O) groups is 1. The van der Waals surface area contributed by atoms with Gasteiger partial charge in [0, 0.05) is 30.4 Å². The van der Waals surface area contributed by atoms with Crippen molar-refractivity contribution in [2.75, 3.05) is 13.2 Å². The molecule has 0 saturated heterocycles. The van der Waals surface area contributed by atoms with E-state index >= 15 is 0 Å². The Balaban J connectivity index is 1.42. The van der Waals surface area contributed by atoms with Gasteiger partial charge in [0.1, 0.15) is 6.61 Å². The SMILES string of the molecule is O=C(NCCCn1ccc2ccccc21)c1ccc(COCC(F)(F)F)cc1. The summed E-state index contributed by atoms with van der Waals surface area (Å²) in [5, 5.41) is 4.05. The van der Waals surface area contributed by atoms with E-state index in [0.29, 0.717) is 17.7 Å². The molecule has 7 heteroatoms. The van der Waals surface area contributed by atoms with E-state index in [0.717, 1.165) is 18.5 Å². The summed E-state index contributed by atoms with van der Waals surface area (Å²) in [6.07, 6.45) is -1.52. The average molecular weight is 390 g/mol. The van der Waals surface area contributed by atoms with Gasteiger partial charge in [-0.15, -0.1) is 0 Å². The van der Waals surface area contributed by atoms with Crippen molar-refractivity contribution in [3.63, 3.8) is 0 Å². The van der Waals surface area contributed by atoms with Crippen molar-refractivity contribution in [3.8, 4) is 0 Å². The number of halogens is 3. The van der Waals surface area contributed by atoms with Crippen molar-refractivity contribution < 1.29 is 22.7 Å². The van der Waals surface area contributed by atoms with Crippen LogP contribution < -0.4 is 5.32 Å². The number of aryl methyl sites for hydroxylation is 1. The summed E-state index contributed by atoms with van der Waals surface area (Å²) in [4.78, 5) is 12.2. The Bertz CT molecular complexity index is 917. The van der Waals surface area contributed by atoms with Gasteiger partial charge in [-0.25, -0.2) is 0 Å². The Kier molecular flexibility index (Phi) is 6.36. The van der Waals surface area contributed by atoms with Crippen LogP contribution in [-0.2, 0) is 17.9 Å². The number of rotatable bonds is 8. The molecule has 1 heterocycles. The first-order chi connectivity index (χ1) is 13.4. The molecule has 1 aromatic heterocycles. The molecule has 3 aromatic rings. The molecule has 0 spiro atoms. The lowest BCUT2D eigenvalue weighted by molar-refractivity contribution is -0.176. The minimum atomic E-state index is -4.34. The quantitative estimate of drug-likeness (QED) is 0.574. The molecule has 2 aromatic carbocycles. The number of benzene rings is 2. The van der Waals surface area contributed by atoms with E-state index in [4.69, 9.17) is 0 Å². The summed E-state index contributed by atoms with van der Waals surface area (Å²) in [7, 11) is 0. The van der Waals surface area contributed by atoms with Gasteiger partial charge < -0.3 is 14.6 Å². The molecular weight excluding hydrogens is 369 g/mol. The second-order valence-corrected chi connectivity index (χ2v) is 6.48. The van der Waals surface area contributed by atoms with Crippen LogP contribution in [0.3, 0.4) is 0 Å². The third-order valence-electron chi connectivity index (χ3n) is 4.29. The predicted molar refractivity (Wildman–Crippen MR) is 101 cm³/mol. The molecule has 1 N–H and O–H groups in total. The number of nitrogens with one attached hydrogen (secondary N) is 1. The number of alkyl halides is 3. The average Bonchev–Trinajstić information content (AvgIpc) is 3.08. The topological polar surface area (TPSA) is 43.3 Å². The fraction of sp³-hybridized carbons (Fsp3) is 0.286. The van der Waals surface area contributed by atoms with Gasteiger partial charge in [-0.2, -0.15) is 13.2 Å². The largest absolute Gasteiger partial charge is 0.411 e. The number of fused-ring (bicyclic) bond motifs is 1. The van der Waals surface area contributed by atoms with Crippen LogP contribution >= 0.6 is 0 Å². The van der Waals surface area contributed by atoms with Gasteiger partial charge in [0.25, 0.3) is 5.91 Å². The maximum Gasteiger partial charge on any atom is 0.411 e. The molecule has 3 rings (SSSR count). The van der Waals surface area contributed by atoms with Crippen LogP contribution in [0.1, 0.15) is 22.3 Å². The van der Waals surface area contributed by atoms with Crippen molar-refractivity contribution >= 4 is 16.8 Å². The summed E-state index contributed by atoms with van der Waals surface area (Å²) in [5.74, 6) is -0.208. The van der Waals surface area contributed by atoms with E-state index in [-0.39, 0.29) is 12.5 Å². The number of carbonyl (C=O) groups excluding carboxylic acids is 1. The van der Waals surface area contributed by atoms with Gasteiger partial charge in [-0.05, 0) is 41.6 Å². The molecule has 0 fully saturated rings. The third-order valence-corrected chi connectivity index (χ3v) is 4.29. The standard InChI is InChI=1S/C21H21F3N2O2/c22-21(23,24)15-28-14-16-6-8-18(9-7-16)20(27)25-11-3-12-26-13-10-17-4-1-2-5-19(17)26/h1-2,4-10,13H,3,11-12,14-15H2,(H,25,27). The molecular formula is C21H21F3N2O2. The minimum Gasteiger partial charge on any atom is -0.367 e. The van der Waals surface area contributed by atoms with Crippen LogP contribution in [0, 0.1) is 0 Å². The Morgan fingerprint density at radius 1 is 1.04 bits per heavy atom. The number of ether oxygens (including phenoxy) is 1. The second kappa shape index (κ2) is 8.93. The van der Waals surface area contributed by atoms with Gasteiger partial charge in [-0.3, -0.25) is 4.79 Å². The normalized spacial score (nSPS) is 11.7. The zero-order valence-electron chi connectivity index (χ0n) is 15.2. The van der Waals surface area contributed by atoms with Crippen LogP contribution in [0.15, 0.2) is 60.8 Å². The summed E-state index contributed by atoms with van der Waals surface area (Å²) in [6, 6.07) is 16.5. The third kappa shape index (κ3) is 5.60. The number of aromatic nitrogens is 1. The molecule has 0 radical (unpaired) electrons. The maximum absolute atomic E-state index is 12.2. The van der Waals surface area contributed by atoms with Gasteiger partial charge in [-0.1, -0.05) is 30.3 Å². The first kappa shape index (κ1) is 19.9. The second-order valence-electron chi connectivity index (χ2n) is 6.48. The maximum atomic E-state index is 12.2. The molecule has 28 heavy (non-hydrogen) atoms. The fourth-order valence-corrected chi connectivity index (χ4v) is 2.93.